The van der Waals surface area contributed by atoms with Crippen molar-refractivity contribution in [3.8, 4) is 17.2 Å². The first-order valence-corrected chi connectivity index (χ1v) is 6.99. The molecule has 0 saturated heterocycles. The van der Waals surface area contributed by atoms with Gasteiger partial charge < -0.3 is 14.3 Å². The van der Waals surface area contributed by atoms with Gasteiger partial charge in [0.05, 0.1) is 5.39 Å². The van der Waals surface area contributed by atoms with Crippen LogP contribution in [0.2, 0.25) is 0 Å². The molecule has 0 unspecified atom stereocenters. The highest BCUT2D eigenvalue weighted by Crippen LogP contribution is 2.39. The van der Waals surface area contributed by atoms with Crippen LogP contribution in [0.3, 0.4) is 0 Å². The molecule has 0 amide bonds. The van der Waals surface area contributed by atoms with Gasteiger partial charge in [-0.3, -0.25) is 4.79 Å². The lowest BCUT2D eigenvalue weighted by atomic mass is 10.1. The minimum absolute atomic E-state index is 0.0301. The monoisotopic (exact) mass is 354 g/mol. The van der Waals surface area contributed by atoms with Gasteiger partial charge in [0.2, 0.25) is 11.2 Å². The third-order valence-electron chi connectivity index (χ3n) is 3.54. The van der Waals surface area contributed by atoms with Crippen LogP contribution in [0.4, 0.5) is 17.6 Å². The van der Waals surface area contributed by atoms with Crippen LogP contribution < -0.4 is 10.2 Å². The third-order valence-corrected chi connectivity index (χ3v) is 3.54. The van der Waals surface area contributed by atoms with Crippen molar-refractivity contribution < 1.29 is 31.8 Å². The van der Waals surface area contributed by atoms with Gasteiger partial charge in [-0.1, -0.05) is 12.1 Å². The zero-order chi connectivity index (χ0) is 18.4. The van der Waals surface area contributed by atoms with Crippen LogP contribution in [0.1, 0.15) is 11.3 Å². The maximum absolute atomic E-state index is 13.7. The number of rotatable bonds is 2. The topological polar surface area (TPSA) is 59.7 Å². The Hall–Kier alpha value is -3.03. The molecule has 130 valence electrons. The zero-order valence-electron chi connectivity index (χ0n) is 12.6. The summed E-state index contributed by atoms with van der Waals surface area (Å²) in [5.41, 5.74) is -1.57. The van der Waals surface area contributed by atoms with Crippen LogP contribution in [0.25, 0.3) is 11.0 Å². The maximum atomic E-state index is 13.7. The number of benzene rings is 2. The second-order valence-corrected chi connectivity index (χ2v) is 5.21. The normalized spacial score (nSPS) is 11.7. The number of phenolic OH excluding ortho intramolecular Hbond substituents is 1. The molecular weight excluding hydrogens is 344 g/mol. The predicted octanol–water partition coefficient (Wildman–Crippen LogP) is 4.76. The van der Waals surface area contributed by atoms with Crippen LogP contribution in [-0.2, 0) is 6.18 Å². The Kier molecular flexibility index (Phi) is 3.90. The number of ether oxygens (including phenoxy) is 1. The molecule has 0 aliphatic rings. The Bertz CT molecular complexity index is 1020. The van der Waals surface area contributed by atoms with E-state index in [2.05, 4.69) is 0 Å². The predicted molar refractivity (Wildman–Crippen MR) is 80.4 cm³/mol. The van der Waals surface area contributed by atoms with Crippen LogP contribution in [0, 0.1) is 12.7 Å². The average Bonchev–Trinajstić information content (AvgIpc) is 2.54. The lowest BCUT2D eigenvalue weighted by Crippen LogP contribution is -2.16. The molecule has 0 saturated carbocycles. The first kappa shape index (κ1) is 16.8. The first-order chi connectivity index (χ1) is 11.7. The van der Waals surface area contributed by atoms with E-state index in [0.717, 1.165) is 24.3 Å². The van der Waals surface area contributed by atoms with E-state index in [4.69, 9.17) is 9.15 Å². The molecule has 1 aromatic heterocycles. The number of para-hydroxylation sites is 1. The summed E-state index contributed by atoms with van der Waals surface area (Å²) in [6.07, 6.45) is -5.06. The molecule has 0 aliphatic heterocycles. The second kappa shape index (κ2) is 5.80. The summed E-state index contributed by atoms with van der Waals surface area (Å²) in [6.45, 7) is 1.30. The number of aryl methyl sites for hydroxylation is 1. The summed E-state index contributed by atoms with van der Waals surface area (Å²) in [5.74, 6) is -4.68. The van der Waals surface area contributed by atoms with E-state index in [-0.39, 0.29) is 16.7 Å². The molecule has 25 heavy (non-hydrogen) atoms. The number of alkyl halides is 3. The van der Waals surface area contributed by atoms with Gasteiger partial charge in [-0.25, -0.2) is 4.39 Å². The van der Waals surface area contributed by atoms with Gasteiger partial charge in [0.1, 0.15) is 11.3 Å². The van der Waals surface area contributed by atoms with E-state index < -0.39 is 40.3 Å². The Morgan fingerprint density at radius 3 is 2.44 bits per heavy atom. The number of aromatic hydroxyl groups is 1. The van der Waals surface area contributed by atoms with Gasteiger partial charge >= 0.3 is 6.18 Å². The zero-order valence-corrected chi connectivity index (χ0v) is 12.6. The van der Waals surface area contributed by atoms with E-state index in [1.54, 1.807) is 0 Å². The molecule has 1 heterocycles. The summed E-state index contributed by atoms with van der Waals surface area (Å²) in [5, 5.41) is 9.39. The number of halogens is 4. The molecule has 8 heteroatoms. The molecule has 2 aromatic carbocycles. The van der Waals surface area contributed by atoms with E-state index >= 15 is 0 Å². The van der Waals surface area contributed by atoms with Crippen molar-refractivity contribution in [1.82, 2.24) is 0 Å². The Morgan fingerprint density at radius 2 is 1.80 bits per heavy atom. The second-order valence-electron chi connectivity index (χ2n) is 5.21. The number of fused-ring (bicyclic) bond motifs is 1. The Labute approximate surface area is 137 Å². The molecule has 3 rings (SSSR count). The van der Waals surface area contributed by atoms with Crippen LogP contribution in [0.15, 0.2) is 45.6 Å². The highest BCUT2D eigenvalue weighted by Gasteiger charge is 2.41. The molecule has 0 spiro atoms. The quantitative estimate of drug-likeness (QED) is 0.674. The van der Waals surface area contributed by atoms with Crippen molar-refractivity contribution >= 4 is 11.0 Å². The Balaban J connectivity index is 2.34. The Morgan fingerprint density at radius 1 is 1.12 bits per heavy atom. The molecule has 0 aliphatic carbocycles. The SMILES string of the molecule is Cc1c(O)ccc2c(=O)c(Oc3ccccc3F)c(C(F)(F)F)oc12. The van der Waals surface area contributed by atoms with E-state index in [0.29, 0.717) is 0 Å². The molecule has 4 nitrogen and oxygen atoms in total. The smallest absolute Gasteiger partial charge is 0.453 e. The lowest BCUT2D eigenvalue weighted by molar-refractivity contribution is -0.154. The minimum Gasteiger partial charge on any atom is -0.508 e. The molecular formula is C17H10F4O4. The number of hydrogen-bond acceptors (Lipinski definition) is 4. The van der Waals surface area contributed by atoms with Crippen molar-refractivity contribution in [2.45, 2.75) is 13.1 Å². The minimum atomic E-state index is -5.06. The summed E-state index contributed by atoms with van der Waals surface area (Å²) < 4.78 is 63.4. The number of hydrogen-bond donors (Lipinski definition) is 1. The fraction of sp³-hybridized carbons (Fsp3) is 0.118. The highest BCUT2D eigenvalue weighted by atomic mass is 19.4. The molecule has 0 atom stereocenters. The first-order valence-electron chi connectivity index (χ1n) is 6.99. The van der Waals surface area contributed by atoms with E-state index in [1.165, 1.54) is 19.1 Å². The van der Waals surface area contributed by atoms with E-state index in [1.807, 2.05) is 0 Å². The number of phenols is 1. The van der Waals surface area contributed by atoms with Crippen LogP contribution in [0.5, 0.6) is 17.2 Å². The van der Waals surface area contributed by atoms with E-state index in [9.17, 15) is 27.5 Å². The van der Waals surface area contributed by atoms with Crippen molar-refractivity contribution in [2.24, 2.45) is 0 Å². The summed E-state index contributed by atoms with van der Waals surface area (Å²) >= 11 is 0. The lowest BCUT2D eigenvalue weighted by Gasteiger charge is -2.14. The van der Waals surface area contributed by atoms with Crippen molar-refractivity contribution in [3.63, 3.8) is 0 Å². The highest BCUT2D eigenvalue weighted by molar-refractivity contribution is 5.83. The summed E-state index contributed by atoms with van der Waals surface area (Å²) in [4.78, 5) is 12.5. The van der Waals surface area contributed by atoms with Gasteiger partial charge in [0.15, 0.2) is 11.6 Å². The van der Waals surface area contributed by atoms with Crippen molar-refractivity contribution in [2.75, 3.05) is 0 Å². The average molecular weight is 354 g/mol. The standard InChI is InChI=1S/C17H10F4O4/c1-8-11(22)7-6-9-13(23)15(16(17(19,20)21)25-14(8)9)24-12-5-3-2-4-10(12)18/h2-7,22H,1H3. The molecule has 0 radical (unpaired) electrons. The van der Waals surface area contributed by atoms with Crippen LogP contribution >= 0.6 is 0 Å². The fourth-order valence-electron chi connectivity index (χ4n) is 2.28. The fourth-order valence-corrected chi connectivity index (χ4v) is 2.28. The van der Waals surface area contributed by atoms with Gasteiger partial charge in [0, 0.05) is 5.56 Å². The molecule has 0 bridgehead atoms. The molecule has 1 N–H and O–H groups in total. The van der Waals surface area contributed by atoms with Crippen LogP contribution in [-0.4, -0.2) is 5.11 Å². The largest absolute Gasteiger partial charge is 0.508 e. The summed E-state index contributed by atoms with van der Waals surface area (Å²) in [7, 11) is 0. The van der Waals surface area contributed by atoms with Crippen molar-refractivity contribution in [1.29, 1.82) is 0 Å². The molecule has 0 fully saturated rings. The molecule has 3 aromatic rings. The van der Waals surface area contributed by atoms with Crippen molar-refractivity contribution in [3.05, 3.63) is 63.8 Å². The van der Waals surface area contributed by atoms with Gasteiger partial charge in [-0.2, -0.15) is 13.2 Å². The van der Waals surface area contributed by atoms with Gasteiger partial charge in [0.25, 0.3) is 5.76 Å². The third kappa shape index (κ3) is 2.90. The summed E-state index contributed by atoms with van der Waals surface area (Å²) in [6, 6.07) is 6.99. The maximum Gasteiger partial charge on any atom is 0.453 e. The van der Waals surface area contributed by atoms with Gasteiger partial charge in [-0.05, 0) is 31.2 Å². The van der Waals surface area contributed by atoms with Gasteiger partial charge in [-0.15, -0.1) is 0 Å².